The van der Waals surface area contributed by atoms with Crippen LogP contribution < -0.4 is 0 Å². The van der Waals surface area contributed by atoms with Crippen molar-refractivity contribution in [3.63, 3.8) is 0 Å². The summed E-state index contributed by atoms with van der Waals surface area (Å²) >= 11 is 0. The Labute approximate surface area is 94.2 Å². The highest BCUT2D eigenvalue weighted by Gasteiger charge is 2.33. The first kappa shape index (κ1) is 13.2. The molecular formula is C11H8F4O2. The summed E-state index contributed by atoms with van der Waals surface area (Å²) in [6.07, 6.45) is -3.88. The van der Waals surface area contributed by atoms with Gasteiger partial charge >= 0.3 is 12.1 Å². The van der Waals surface area contributed by atoms with E-state index in [9.17, 15) is 22.4 Å². The molecule has 0 fully saturated rings. The van der Waals surface area contributed by atoms with Crippen LogP contribution in [0.2, 0.25) is 0 Å². The van der Waals surface area contributed by atoms with E-state index in [1.807, 2.05) is 0 Å². The van der Waals surface area contributed by atoms with Crippen molar-refractivity contribution in [2.45, 2.75) is 13.1 Å². The van der Waals surface area contributed by atoms with Crippen LogP contribution in [0, 0.1) is 5.82 Å². The van der Waals surface area contributed by atoms with E-state index in [2.05, 4.69) is 0 Å². The largest absolute Gasteiger partial charge is 0.478 e. The molecule has 0 aliphatic heterocycles. The zero-order valence-corrected chi connectivity index (χ0v) is 8.68. The van der Waals surface area contributed by atoms with E-state index in [4.69, 9.17) is 5.11 Å². The number of benzene rings is 1. The molecule has 92 valence electrons. The minimum atomic E-state index is -4.73. The van der Waals surface area contributed by atoms with Crippen LogP contribution in [0.5, 0.6) is 0 Å². The van der Waals surface area contributed by atoms with Gasteiger partial charge in [-0.05, 0) is 30.7 Å². The molecule has 2 nitrogen and oxygen atoms in total. The first-order valence-electron chi connectivity index (χ1n) is 4.50. The monoisotopic (exact) mass is 248 g/mol. The lowest BCUT2D eigenvalue weighted by molar-refractivity contribution is -0.138. The third-order valence-corrected chi connectivity index (χ3v) is 2.03. The molecule has 1 aromatic rings. The van der Waals surface area contributed by atoms with Gasteiger partial charge in [0.05, 0.1) is 5.56 Å². The van der Waals surface area contributed by atoms with Gasteiger partial charge in [-0.2, -0.15) is 13.2 Å². The third-order valence-electron chi connectivity index (χ3n) is 2.03. The highest BCUT2D eigenvalue weighted by Crippen LogP contribution is 2.33. The van der Waals surface area contributed by atoms with Gasteiger partial charge in [-0.25, -0.2) is 9.18 Å². The summed E-state index contributed by atoms with van der Waals surface area (Å²) in [4.78, 5) is 10.5. The lowest BCUT2D eigenvalue weighted by Crippen LogP contribution is -2.08. The molecule has 0 unspecified atom stereocenters. The van der Waals surface area contributed by atoms with Gasteiger partial charge in [-0.15, -0.1) is 0 Å². The van der Waals surface area contributed by atoms with E-state index in [0.29, 0.717) is 6.07 Å². The normalized spacial score (nSPS) is 12.6. The second-order valence-corrected chi connectivity index (χ2v) is 3.36. The number of carboxylic acid groups (broad SMARTS) is 1. The zero-order chi connectivity index (χ0) is 13.2. The molecular weight excluding hydrogens is 240 g/mol. The molecule has 1 aromatic carbocycles. The van der Waals surface area contributed by atoms with Crippen molar-refractivity contribution in [1.82, 2.24) is 0 Å². The predicted molar refractivity (Wildman–Crippen MR) is 52.7 cm³/mol. The highest BCUT2D eigenvalue weighted by molar-refractivity contribution is 5.91. The van der Waals surface area contributed by atoms with Crippen LogP contribution in [0.15, 0.2) is 23.8 Å². The molecule has 0 spiro atoms. The number of carboxylic acids is 1. The summed E-state index contributed by atoms with van der Waals surface area (Å²) in [6, 6.07) is 2.07. The third kappa shape index (κ3) is 3.30. The maximum atomic E-state index is 12.7. The summed E-state index contributed by atoms with van der Waals surface area (Å²) in [5.41, 5.74) is -1.83. The van der Waals surface area contributed by atoms with Crippen molar-refractivity contribution in [1.29, 1.82) is 0 Å². The Morgan fingerprint density at radius 2 is 1.94 bits per heavy atom. The molecule has 0 heterocycles. The Morgan fingerprint density at radius 3 is 2.41 bits per heavy atom. The molecule has 17 heavy (non-hydrogen) atoms. The predicted octanol–water partition coefficient (Wildman–Crippen LogP) is 3.33. The quantitative estimate of drug-likeness (QED) is 0.643. The maximum Gasteiger partial charge on any atom is 0.417 e. The average Bonchev–Trinajstić information content (AvgIpc) is 2.18. The van der Waals surface area contributed by atoms with Crippen molar-refractivity contribution in [2.24, 2.45) is 0 Å². The minimum absolute atomic E-state index is 0.262. The first-order chi connectivity index (χ1) is 7.71. The number of carbonyl (C=O) groups is 1. The average molecular weight is 248 g/mol. The second-order valence-electron chi connectivity index (χ2n) is 3.36. The fourth-order valence-electron chi connectivity index (χ4n) is 1.19. The van der Waals surface area contributed by atoms with Gasteiger partial charge in [-0.3, -0.25) is 0 Å². The van der Waals surface area contributed by atoms with Crippen LogP contribution in [0.4, 0.5) is 17.6 Å². The van der Waals surface area contributed by atoms with Gasteiger partial charge in [0.2, 0.25) is 0 Å². The molecule has 0 radical (unpaired) electrons. The molecule has 0 amide bonds. The first-order valence-corrected chi connectivity index (χ1v) is 4.50. The number of hydrogen-bond acceptors (Lipinski definition) is 1. The van der Waals surface area contributed by atoms with E-state index in [0.717, 1.165) is 25.1 Å². The number of aliphatic carboxylic acids is 1. The Kier molecular flexibility index (Phi) is 3.55. The molecule has 1 rings (SSSR count). The van der Waals surface area contributed by atoms with Crippen molar-refractivity contribution in [3.8, 4) is 0 Å². The molecule has 6 heteroatoms. The number of alkyl halides is 3. The van der Waals surface area contributed by atoms with Crippen LogP contribution >= 0.6 is 0 Å². The summed E-state index contributed by atoms with van der Waals surface area (Å²) in [5.74, 6) is -2.36. The second kappa shape index (κ2) is 4.57. The van der Waals surface area contributed by atoms with Crippen molar-refractivity contribution < 1.29 is 27.5 Å². The number of halogens is 4. The van der Waals surface area contributed by atoms with Gasteiger partial charge < -0.3 is 5.11 Å². The van der Waals surface area contributed by atoms with Crippen LogP contribution in [-0.2, 0) is 11.0 Å². The molecule has 0 atom stereocenters. The molecule has 0 aliphatic rings. The number of hydrogen-bond donors (Lipinski definition) is 1. The van der Waals surface area contributed by atoms with E-state index >= 15 is 0 Å². The van der Waals surface area contributed by atoms with Crippen LogP contribution in [0.1, 0.15) is 18.1 Å². The molecule has 0 aromatic heterocycles. The maximum absolute atomic E-state index is 12.7. The van der Waals surface area contributed by atoms with Crippen molar-refractivity contribution >= 4 is 12.0 Å². The molecule has 1 N–H and O–H groups in total. The zero-order valence-electron chi connectivity index (χ0n) is 8.68. The van der Waals surface area contributed by atoms with Gasteiger partial charge in [0.15, 0.2) is 0 Å². The Bertz CT molecular complexity index is 475. The Balaban J connectivity index is 3.35. The van der Waals surface area contributed by atoms with Crippen molar-refractivity contribution in [2.75, 3.05) is 0 Å². The minimum Gasteiger partial charge on any atom is -0.478 e. The molecule has 0 saturated heterocycles. The van der Waals surface area contributed by atoms with Gasteiger partial charge in [0.25, 0.3) is 0 Å². The van der Waals surface area contributed by atoms with Crippen LogP contribution in [0.3, 0.4) is 0 Å². The van der Waals surface area contributed by atoms with E-state index in [1.54, 1.807) is 0 Å². The fourth-order valence-corrected chi connectivity index (χ4v) is 1.19. The van der Waals surface area contributed by atoms with Gasteiger partial charge in [-0.1, -0.05) is 6.07 Å². The summed E-state index contributed by atoms with van der Waals surface area (Å²) in [6.45, 7) is 1.16. The molecule has 0 saturated carbocycles. The number of rotatable bonds is 2. The van der Waals surface area contributed by atoms with Crippen LogP contribution in [0.25, 0.3) is 6.08 Å². The smallest absolute Gasteiger partial charge is 0.417 e. The summed E-state index contributed by atoms with van der Waals surface area (Å²) < 4.78 is 50.3. The lowest BCUT2D eigenvalue weighted by atomic mass is 10.0. The summed E-state index contributed by atoms with van der Waals surface area (Å²) in [7, 11) is 0. The van der Waals surface area contributed by atoms with Gasteiger partial charge in [0, 0.05) is 5.57 Å². The molecule has 0 bridgehead atoms. The standard InChI is InChI=1S/C11H8F4O2/c1-6(10(16)17)4-7-2-3-8(12)5-9(7)11(13,14)15/h2-5H,1H3,(H,16,17)/b6-4+. The van der Waals surface area contributed by atoms with Gasteiger partial charge in [0.1, 0.15) is 5.82 Å². The Morgan fingerprint density at radius 1 is 1.35 bits per heavy atom. The van der Waals surface area contributed by atoms with E-state index in [-0.39, 0.29) is 11.1 Å². The Hall–Kier alpha value is -1.85. The fraction of sp³-hybridized carbons (Fsp3) is 0.182. The summed E-state index contributed by atoms with van der Waals surface area (Å²) in [5, 5.41) is 8.57. The SMILES string of the molecule is C/C(=C\c1ccc(F)cc1C(F)(F)F)C(=O)O. The highest BCUT2D eigenvalue weighted by atomic mass is 19.4. The molecule has 0 aliphatic carbocycles. The topological polar surface area (TPSA) is 37.3 Å². The van der Waals surface area contributed by atoms with Crippen LogP contribution in [-0.4, -0.2) is 11.1 Å². The van der Waals surface area contributed by atoms with E-state index in [1.165, 1.54) is 0 Å². The lowest BCUT2D eigenvalue weighted by Gasteiger charge is -2.10. The van der Waals surface area contributed by atoms with E-state index < -0.39 is 23.5 Å². The van der Waals surface area contributed by atoms with Crippen molar-refractivity contribution in [3.05, 3.63) is 40.7 Å².